The van der Waals surface area contributed by atoms with E-state index in [2.05, 4.69) is 9.97 Å². The van der Waals surface area contributed by atoms with Crippen molar-refractivity contribution in [3.63, 3.8) is 0 Å². The lowest BCUT2D eigenvalue weighted by Crippen LogP contribution is -2.14. The lowest BCUT2D eigenvalue weighted by molar-refractivity contribution is -0.137. The van der Waals surface area contributed by atoms with Crippen molar-refractivity contribution in [1.29, 1.82) is 0 Å². The molecular formula is C28H17F3N2O4. The summed E-state index contributed by atoms with van der Waals surface area (Å²) in [6.07, 6.45) is -3.75. The predicted molar refractivity (Wildman–Crippen MR) is 131 cm³/mol. The maximum absolute atomic E-state index is 13.5. The van der Waals surface area contributed by atoms with E-state index in [9.17, 15) is 27.9 Å². The van der Waals surface area contributed by atoms with Crippen LogP contribution < -0.4 is 4.74 Å². The monoisotopic (exact) mass is 502 g/mol. The van der Waals surface area contributed by atoms with Crippen LogP contribution in [-0.2, 0) is 6.18 Å². The number of benzene rings is 3. The molecule has 5 rings (SSSR count). The van der Waals surface area contributed by atoms with E-state index in [0.29, 0.717) is 16.6 Å². The molecule has 184 valence electrons. The number of para-hydroxylation sites is 1. The molecule has 0 saturated carbocycles. The van der Waals surface area contributed by atoms with E-state index < -0.39 is 35.0 Å². The molecule has 0 atom stereocenters. The van der Waals surface area contributed by atoms with E-state index >= 15 is 0 Å². The standard InChI is InChI=1S/C28H17F3N2O4/c1-15-6-8-16(9-7-15)23-13-20(18-4-2-3-5-22(18)33-23)27(36)37-25-19-11-10-17(28(29,30)31)12-24(19)32-14-21(25)26(34)35/h2-14H,1H3,(H,34,35). The zero-order chi connectivity index (χ0) is 26.3. The minimum Gasteiger partial charge on any atom is -0.477 e. The number of halogens is 3. The molecule has 6 nitrogen and oxygen atoms in total. The number of carboxylic acids is 1. The molecule has 0 saturated heterocycles. The van der Waals surface area contributed by atoms with Gasteiger partial charge >= 0.3 is 18.1 Å². The highest BCUT2D eigenvalue weighted by Crippen LogP contribution is 2.35. The molecule has 0 radical (unpaired) electrons. The third-order valence-corrected chi connectivity index (χ3v) is 5.86. The molecule has 0 aliphatic rings. The van der Waals surface area contributed by atoms with Gasteiger partial charge < -0.3 is 9.84 Å². The summed E-state index contributed by atoms with van der Waals surface area (Å²) in [7, 11) is 0. The number of aromatic nitrogens is 2. The number of fused-ring (bicyclic) bond motifs is 2. The first-order valence-electron chi connectivity index (χ1n) is 11.0. The Balaban J connectivity index is 1.65. The number of carbonyl (C=O) groups is 2. The number of alkyl halides is 3. The summed E-state index contributed by atoms with van der Waals surface area (Å²) >= 11 is 0. The predicted octanol–water partition coefficient (Wildman–Crippen LogP) is 6.69. The molecular weight excluding hydrogens is 485 g/mol. The van der Waals surface area contributed by atoms with Gasteiger partial charge in [-0.15, -0.1) is 0 Å². The number of aryl methyl sites for hydroxylation is 1. The smallest absolute Gasteiger partial charge is 0.416 e. The van der Waals surface area contributed by atoms with Crippen LogP contribution in [0.4, 0.5) is 13.2 Å². The zero-order valence-corrected chi connectivity index (χ0v) is 19.2. The van der Waals surface area contributed by atoms with Crippen LogP contribution in [0.25, 0.3) is 33.1 Å². The van der Waals surface area contributed by atoms with Gasteiger partial charge in [-0.1, -0.05) is 48.0 Å². The third-order valence-electron chi connectivity index (χ3n) is 5.86. The van der Waals surface area contributed by atoms with Crippen LogP contribution in [0.5, 0.6) is 5.75 Å². The van der Waals surface area contributed by atoms with Crippen molar-refractivity contribution >= 4 is 33.7 Å². The van der Waals surface area contributed by atoms with E-state index in [1.807, 2.05) is 31.2 Å². The summed E-state index contributed by atoms with van der Waals surface area (Å²) in [4.78, 5) is 33.8. The average Bonchev–Trinajstić information content (AvgIpc) is 2.87. The maximum Gasteiger partial charge on any atom is 0.416 e. The van der Waals surface area contributed by atoms with Crippen LogP contribution in [0.1, 0.15) is 31.8 Å². The van der Waals surface area contributed by atoms with Gasteiger partial charge in [-0.05, 0) is 37.3 Å². The Morgan fingerprint density at radius 3 is 2.30 bits per heavy atom. The average molecular weight is 502 g/mol. The first kappa shape index (κ1) is 23.9. The van der Waals surface area contributed by atoms with E-state index in [1.165, 1.54) is 0 Å². The van der Waals surface area contributed by atoms with Crippen molar-refractivity contribution in [3.8, 4) is 17.0 Å². The Kier molecular flexibility index (Phi) is 5.83. The summed E-state index contributed by atoms with van der Waals surface area (Å²) in [6.45, 7) is 1.94. The van der Waals surface area contributed by atoms with Crippen molar-refractivity contribution in [3.05, 3.63) is 101 Å². The summed E-state index contributed by atoms with van der Waals surface area (Å²) in [6, 6.07) is 18.6. The Labute approximate surface area is 208 Å². The number of aromatic carboxylic acids is 1. The number of esters is 1. The summed E-state index contributed by atoms with van der Waals surface area (Å²) in [5, 5.41) is 10.1. The summed E-state index contributed by atoms with van der Waals surface area (Å²) in [5.41, 5.74) is 1.35. The normalized spacial score (nSPS) is 11.6. The van der Waals surface area contributed by atoms with Crippen LogP contribution in [0.3, 0.4) is 0 Å². The molecule has 2 aromatic heterocycles. The minimum atomic E-state index is -4.62. The van der Waals surface area contributed by atoms with E-state index in [-0.39, 0.29) is 16.5 Å². The van der Waals surface area contributed by atoms with Crippen molar-refractivity contribution < 1.29 is 32.6 Å². The van der Waals surface area contributed by atoms with Gasteiger partial charge in [-0.3, -0.25) is 4.98 Å². The molecule has 0 aliphatic heterocycles. The number of carboxylic acid groups (broad SMARTS) is 1. The van der Waals surface area contributed by atoms with E-state index in [1.54, 1.807) is 30.3 Å². The fourth-order valence-electron chi connectivity index (χ4n) is 3.97. The first-order chi connectivity index (χ1) is 17.6. The molecule has 0 aliphatic carbocycles. The second kappa shape index (κ2) is 9.02. The fourth-order valence-corrected chi connectivity index (χ4v) is 3.97. The SMILES string of the molecule is Cc1ccc(-c2cc(C(=O)Oc3c(C(=O)O)cnc4cc(C(F)(F)F)ccc34)c3ccccc3n2)cc1. The minimum absolute atomic E-state index is 0.0432. The third kappa shape index (κ3) is 4.58. The van der Waals surface area contributed by atoms with Gasteiger partial charge in [0.25, 0.3) is 0 Å². The molecule has 1 N–H and O–H groups in total. The van der Waals surface area contributed by atoms with Crippen molar-refractivity contribution in [2.75, 3.05) is 0 Å². The van der Waals surface area contributed by atoms with Gasteiger partial charge in [-0.25, -0.2) is 14.6 Å². The highest BCUT2D eigenvalue weighted by atomic mass is 19.4. The van der Waals surface area contributed by atoms with Crippen LogP contribution >= 0.6 is 0 Å². The maximum atomic E-state index is 13.5. The van der Waals surface area contributed by atoms with Crippen molar-refractivity contribution in [2.24, 2.45) is 0 Å². The van der Waals surface area contributed by atoms with Gasteiger partial charge in [0, 0.05) is 22.5 Å². The largest absolute Gasteiger partial charge is 0.477 e. The second-order valence-corrected chi connectivity index (χ2v) is 8.36. The number of hydrogen-bond acceptors (Lipinski definition) is 5. The van der Waals surface area contributed by atoms with Crippen molar-refractivity contribution in [2.45, 2.75) is 13.1 Å². The fraction of sp³-hybridized carbons (Fsp3) is 0.0714. The zero-order valence-electron chi connectivity index (χ0n) is 19.2. The van der Waals surface area contributed by atoms with Gasteiger partial charge in [0.05, 0.1) is 27.9 Å². The molecule has 0 bridgehead atoms. The Morgan fingerprint density at radius 2 is 1.59 bits per heavy atom. The lowest BCUT2D eigenvalue weighted by Gasteiger charge is -2.14. The molecule has 0 spiro atoms. The molecule has 37 heavy (non-hydrogen) atoms. The summed E-state index contributed by atoms with van der Waals surface area (Å²) in [5.74, 6) is -2.73. The Hall–Kier alpha value is -4.79. The lowest BCUT2D eigenvalue weighted by atomic mass is 10.0. The molecule has 0 amide bonds. The highest BCUT2D eigenvalue weighted by molar-refractivity contribution is 6.08. The van der Waals surface area contributed by atoms with Crippen LogP contribution in [-0.4, -0.2) is 27.0 Å². The van der Waals surface area contributed by atoms with Gasteiger partial charge in [0.1, 0.15) is 5.56 Å². The molecule has 3 aromatic carbocycles. The topological polar surface area (TPSA) is 89.4 Å². The molecule has 5 aromatic rings. The van der Waals surface area contributed by atoms with Crippen LogP contribution in [0.15, 0.2) is 79.0 Å². The molecule has 2 heterocycles. The van der Waals surface area contributed by atoms with Gasteiger partial charge in [-0.2, -0.15) is 13.2 Å². The van der Waals surface area contributed by atoms with Crippen molar-refractivity contribution in [1.82, 2.24) is 9.97 Å². The number of nitrogens with zero attached hydrogens (tertiary/aromatic N) is 2. The number of hydrogen-bond donors (Lipinski definition) is 1. The second-order valence-electron chi connectivity index (χ2n) is 8.36. The van der Waals surface area contributed by atoms with Crippen LogP contribution in [0, 0.1) is 6.92 Å². The number of pyridine rings is 2. The summed E-state index contributed by atoms with van der Waals surface area (Å²) < 4.78 is 45.2. The van der Waals surface area contributed by atoms with Crippen LogP contribution in [0.2, 0.25) is 0 Å². The van der Waals surface area contributed by atoms with Gasteiger partial charge in [0.2, 0.25) is 0 Å². The molecule has 0 fully saturated rings. The Morgan fingerprint density at radius 1 is 0.865 bits per heavy atom. The molecule has 9 heteroatoms. The Bertz CT molecular complexity index is 1700. The number of rotatable bonds is 4. The number of carbonyl (C=O) groups excluding carboxylic acids is 1. The number of ether oxygens (including phenoxy) is 1. The molecule has 0 unspecified atom stereocenters. The first-order valence-corrected chi connectivity index (χ1v) is 11.0. The van der Waals surface area contributed by atoms with E-state index in [0.717, 1.165) is 35.5 Å². The quantitative estimate of drug-likeness (QED) is 0.275. The highest BCUT2D eigenvalue weighted by Gasteiger charge is 2.31. The van der Waals surface area contributed by atoms with E-state index in [4.69, 9.17) is 4.74 Å². The van der Waals surface area contributed by atoms with Gasteiger partial charge in [0.15, 0.2) is 5.75 Å².